The molecule has 2 heterocycles. The van der Waals surface area contributed by atoms with Crippen LogP contribution in [0.15, 0.2) is 91.4 Å². The van der Waals surface area contributed by atoms with Gasteiger partial charge in [-0.3, -0.25) is 19.3 Å². The molecule has 0 radical (unpaired) electrons. The van der Waals surface area contributed by atoms with E-state index >= 15 is 0 Å². The number of hydrogen-bond acceptors (Lipinski definition) is 4. The van der Waals surface area contributed by atoms with Crippen molar-refractivity contribution in [2.24, 2.45) is 5.92 Å². The van der Waals surface area contributed by atoms with Crippen molar-refractivity contribution in [2.75, 3.05) is 5.32 Å². The van der Waals surface area contributed by atoms with Crippen molar-refractivity contribution in [1.82, 2.24) is 20.1 Å². The molecule has 4 rings (SSSR count). The summed E-state index contributed by atoms with van der Waals surface area (Å²) in [5.41, 5.74) is 5.23. The molecule has 0 saturated heterocycles. The lowest BCUT2D eigenvalue weighted by molar-refractivity contribution is -0.119. The van der Waals surface area contributed by atoms with Gasteiger partial charge in [-0.2, -0.15) is 5.10 Å². The Labute approximate surface area is 217 Å². The van der Waals surface area contributed by atoms with E-state index in [2.05, 4.69) is 27.8 Å². The van der Waals surface area contributed by atoms with Gasteiger partial charge in [-0.25, -0.2) is 0 Å². The summed E-state index contributed by atoms with van der Waals surface area (Å²) in [6, 6.07) is 21.4. The summed E-state index contributed by atoms with van der Waals surface area (Å²) in [6.45, 7) is 4.85. The lowest BCUT2D eigenvalue weighted by atomic mass is 10.1. The van der Waals surface area contributed by atoms with Gasteiger partial charge in [-0.15, -0.1) is 0 Å². The maximum absolute atomic E-state index is 12.6. The van der Waals surface area contributed by atoms with Crippen molar-refractivity contribution in [3.8, 4) is 11.3 Å². The minimum absolute atomic E-state index is 0.0103. The van der Waals surface area contributed by atoms with Gasteiger partial charge in [-0.1, -0.05) is 56.3 Å². The molecule has 1 atom stereocenters. The third kappa shape index (κ3) is 7.24. The summed E-state index contributed by atoms with van der Waals surface area (Å²) in [6.07, 6.45) is 9.48. The highest BCUT2D eigenvalue weighted by molar-refractivity contribution is 5.93. The molecule has 1 unspecified atom stereocenters. The van der Waals surface area contributed by atoms with Gasteiger partial charge in [0.05, 0.1) is 6.54 Å². The fraction of sp³-hybridized carbons (Fsp3) is 0.200. The molecule has 0 saturated carbocycles. The lowest BCUT2D eigenvalue weighted by Crippen LogP contribution is -2.21. The number of carbonyl (C=O) groups is 2. The Balaban J connectivity index is 1.43. The number of rotatable bonds is 10. The zero-order chi connectivity index (χ0) is 26.0. The standard InChI is InChI=1S/C30H31N5O2/c1-3-22(2)30(37)33-27-13-7-11-24(17-27)18-32-28(36)15-14-26-21-35(20-23-9-5-4-6-10-23)34-29(26)25-12-8-16-31-19-25/h4-17,19,21-22H,3,18,20H2,1-2H3,(H,32,36)(H,33,37)/b15-14+. The van der Waals surface area contributed by atoms with E-state index in [1.807, 2.05) is 79.3 Å². The molecule has 0 aliphatic heterocycles. The predicted molar refractivity (Wildman–Crippen MR) is 146 cm³/mol. The number of nitrogens with zero attached hydrogens (tertiary/aromatic N) is 3. The van der Waals surface area contributed by atoms with Crippen molar-refractivity contribution < 1.29 is 9.59 Å². The minimum Gasteiger partial charge on any atom is -0.348 e. The normalized spacial score (nSPS) is 11.8. The van der Waals surface area contributed by atoms with E-state index in [0.717, 1.165) is 40.1 Å². The second kappa shape index (κ2) is 12.4. The fourth-order valence-electron chi connectivity index (χ4n) is 3.76. The zero-order valence-electron chi connectivity index (χ0n) is 21.1. The number of hydrogen-bond donors (Lipinski definition) is 2. The highest BCUT2D eigenvalue weighted by Gasteiger charge is 2.12. The third-order valence-electron chi connectivity index (χ3n) is 6.05. The molecule has 0 aliphatic carbocycles. The zero-order valence-corrected chi connectivity index (χ0v) is 21.1. The van der Waals surface area contributed by atoms with Crippen molar-refractivity contribution >= 4 is 23.6 Å². The Morgan fingerprint density at radius 1 is 1.03 bits per heavy atom. The molecule has 0 bridgehead atoms. The largest absolute Gasteiger partial charge is 0.348 e. The smallest absolute Gasteiger partial charge is 0.244 e. The number of pyridine rings is 1. The summed E-state index contributed by atoms with van der Waals surface area (Å²) in [4.78, 5) is 29.0. The number of amides is 2. The first-order valence-electron chi connectivity index (χ1n) is 12.4. The van der Waals surface area contributed by atoms with Crippen LogP contribution in [0.4, 0.5) is 5.69 Å². The summed E-state index contributed by atoms with van der Waals surface area (Å²) in [7, 11) is 0. The van der Waals surface area contributed by atoms with Gasteiger partial charge < -0.3 is 10.6 Å². The Bertz CT molecular complexity index is 1360. The van der Waals surface area contributed by atoms with Crippen LogP contribution in [0.2, 0.25) is 0 Å². The van der Waals surface area contributed by atoms with Crippen LogP contribution in [0.25, 0.3) is 17.3 Å². The number of anilines is 1. The molecular formula is C30H31N5O2. The van der Waals surface area contributed by atoms with Gasteiger partial charge in [0.25, 0.3) is 0 Å². The van der Waals surface area contributed by atoms with E-state index in [-0.39, 0.29) is 17.7 Å². The quantitative estimate of drug-likeness (QED) is 0.293. The van der Waals surface area contributed by atoms with E-state index in [9.17, 15) is 9.59 Å². The molecule has 37 heavy (non-hydrogen) atoms. The van der Waals surface area contributed by atoms with Crippen molar-refractivity contribution in [3.05, 3.63) is 108 Å². The fourth-order valence-corrected chi connectivity index (χ4v) is 3.76. The van der Waals surface area contributed by atoms with Gasteiger partial charge in [0.2, 0.25) is 11.8 Å². The Hall–Kier alpha value is -4.52. The molecule has 2 amide bonds. The van der Waals surface area contributed by atoms with Crippen LogP contribution >= 0.6 is 0 Å². The predicted octanol–water partition coefficient (Wildman–Crippen LogP) is 5.31. The highest BCUT2D eigenvalue weighted by Crippen LogP contribution is 2.23. The van der Waals surface area contributed by atoms with E-state index in [0.29, 0.717) is 13.1 Å². The van der Waals surface area contributed by atoms with E-state index in [1.165, 1.54) is 6.08 Å². The molecule has 7 heteroatoms. The summed E-state index contributed by atoms with van der Waals surface area (Å²) < 4.78 is 1.87. The molecular weight excluding hydrogens is 462 g/mol. The Morgan fingerprint density at radius 3 is 2.59 bits per heavy atom. The molecule has 188 valence electrons. The van der Waals surface area contributed by atoms with Crippen LogP contribution in [-0.2, 0) is 22.7 Å². The topological polar surface area (TPSA) is 88.9 Å². The van der Waals surface area contributed by atoms with Crippen LogP contribution in [-0.4, -0.2) is 26.6 Å². The molecule has 0 spiro atoms. The molecule has 2 aromatic carbocycles. The first-order valence-corrected chi connectivity index (χ1v) is 12.4. The van der Waals surface area contributed by atoms with Gasteiger partial charge in [-0.05, 0) is 47.9 Å². The minimum atomic E-state index is -0.220. The lowest BCUT2D eigenvalue weighted by Gasteiger charge is -2.11. The van der Waals surface area contributed by atoms with E-state index in [1.54, 1.807) is 18.5 Å². The molecule has 0 aliphatic rings. The number of benzene rings is 2. The molecule has 2 N–H and O–H groups in total. The molecule has 4 aromatic rings. The average Bonchev–Trinajstić information content (AvgIpc) is 3.34. The summed E-state index contributed by atoms with van der Waals surface area (Å²) in [5, 5.41) is 10.6. The number of carbonyl (C=O) groups excluding carboxylic acids is 2. The molecule has 0 fully saturated rings. The van der Waals surface area contributed by atoms with Crippen LogP contribution in [0.3, 0.4) is 0 Å². The Morgan fingerprint density at radius 2 is 1.84 bits per heavy atom. The second-order valence-electron chi connectivity index (χ2n) is 8.91. The van der Waals surface area contributed by atoms with Crippen molar-refractivity contribution in [2.45, 2.75) is 33.4 Å². The SMILES string of the molecule is CCC(C)C(=O)Nc1cccc(CNC(=O)/C=C/c2cn(Cc3ccccc3)nc2-c2cccnc2)c1. The van der Waals surface area contributed by atoms with Crippen molar-refractivity contribution in [1.29, 1.82) is 0 Å². The van der Waals surface area contributed by atoms with Gasteiger partial charge in [0.15, 0.2) is 0 Å². The van der Waals surface area contributed by atoms with Crippen LogP contribution in [0.5, 0.6) is 0 Å². The number of aromatic nitrogens is 3. The van der Waals surface area contributed by atoms with Crippen LogP contribution in [0, 0.1) is 5.92 Å². The first-order chi connectivity index (χ1) is 18.0. The average molecular weight is 494 g/mol. The third-order valence-corrected chi connectivity index (χ3v) is 6.05. The summed E-state index contributed by atoms with van der Waals surface area (Å²) >= 11 is 0. The molecule has 2 aromatic heterocycles. The van der Waals surface area contributed by atoms with Gasteiger partial charge in [0.1, 0.15) is 5.69 Å². The van der Waals surface area contributed by atoms with Crippen LogP contribution in [0.1, 0.15) is 37.0 Å². The van der Waals surface area contributed by atoms with Gasteiger partial charge in [0, 0.05) is 53.9 Å². The first kappa shape index (κ1) is 25.6. The van der Waals surface area contributed by atoms with Gasteiger partial charge >= 0.3 is 0 Å². The monoisotopic (exact) mass is 493 g/mol. The second-order valence-corrected chi connectivity index (χ2v) is 8.91. The van der Waals surface area contributed by atoms with Crippen molar-refractivity contribution in [3.63, 3.8) is 0 Å². The number of nitrogens with one attached hydrogen (secondary N) is 2. The summed E-state index contributed by atoms with van der Waals surface area (Å²) in [5.74, 6) is -0.284. The Kier molecular flexibility index (Phi) is 8.60. The van der Waals surface area contributed by atoms with Crippen LogP contribution < -0.4 is 10.6 Å². The van der Waals surface area contributed by atoms with E-state index in [4.69, 9.17) is 5.10 Å². The highest BCUT2D eigenvalue weighted by atomic mass is 16.2. The maximum Gasteiger partial charge on any atom is 0.244 e. The maximum atomic E-state index is 12.6. The molecule has 7 nitrogen and oxygen atoms in total. The van der Waals surface area contributed by atoms with E-state index < -0.39 is 0 Å².